The molecular formula is C21H25FN2O2S. The Hall–Kier alpha value is -2.34. The lowest BCUT2D eigenvalue weighted by Crippen LogP contribution is -2.47. The standard InChI is InChI=1S/C21H25FN2O2S/c1-15-4-6-18(7-5-15)13-27-14-20(25)24(16(2)21(26)23-3)12-17-8-10-19(22)11-9-17/h4-11,16H,12-14H2,1-3H3,(H,23,26)/t16-/m0/s1. The Labute approximate surface area is 164 Å². The number of likely N-dealkylation sites (N-methyl/N-ethyl adjacent to an activating group) is 1. The molecule has 2 aromatic rings. The summed E-state index contributed by atoms with van der Waals surface area (Å²) in [5, 5.41) is 2.58. The number of amides is 2. The summed E-state index contributed by atoms with van der Waals surface area (Å²) in [6.07, 6.45) is 0. The highest BCUT2D eigenvalue weighted by molar-refractivity contribution is 7.99. The molecule has 6 heteroatoms. The molecule has 0 saturated carbocycles. The number of carbonyl (C=O) groups is 2. The van der Waals surface area contributed by atoms with Crippen LogP contribution in [0.3, 0.4) is 0 Å². The third-order valence-corrected chi connectivity index (χ3v) is 5.28. The number of rotatable bonds is 8. The van der Waals surface area contributed by atoms with Crippen molar-refractivity contribution in [3.63, 3.8) is 0 Å². The molecule has 0 saturated heterocycles. The van der Waals surface area contributed by atoms with Gasteiger partial charge in [-0.15, -0.1) is 11.8 Å². The molecule has 1 atom stereocenters. The molecule has 0 spiro atoms. The van der Waals surface area contributed by atoms with Gasteiger partial charge in [0, 0.05) is 19.3 Å². The Morgan fingerprint density at radius 3 is 2.26 bits per heavy atom. The molecule has 144 valence electrons. The minimum atomic E-state index is -0.604. The van der Waals surface area contributed by atoms with Crippen LogP contribution in [-0.2, 0) is 21.9 Å². The van der Waals surface area contributed by atoms with Crippen molar-refractivity contribution >= 4 is 23.6 Å². The molecule has 0 bridgehead atoms. The summed E-state index contributed by atoms with van der Waals surface area (Å²) in [6.45, 7) is 4.00. The minimum Gasteiger partial charge on any atom is -0.357 e. The molecule has 27 heavy (non-hydrogen) atoms. The van der Waals surface area contributed by atoms with E-state index < -0.39 is 6.04 Å². The monoisotopic (exact) mass is 388 g/mol. The predicted molar refractivity (Wildman–Crippen MR) is 108 cm³/mol. The molecule has 4 nitrogen and oxygen atoms in total. The van der Waals surface area contributed by atoms with E-state index in [0.29, 0.717) is 0 Å². The van der Waals surface area contributed by atoms with Gasteiger partial charge >= 0.3 is 0 Å². The topological polar surface area (TPSA) is 49.4 Å². The second kappa shape index (κ2) is 10.1. The Balaban J connectivity index is 2.02. The zero-order valence-corrected chi connectivity index (χ0v) is 16.7. The molecule has 0 fully saturated rings. The Morgan fingerprint density at radius 1 is 1.07 bits per heavy atom. The van der Waals surface area contributed by atoms with E-state index in [2.05, 4.69) is 17.4 Å². The van der Waals surface area contributed by atoms with Crippen LogP contribution in [0.5, 0.6) is 0 Å². The van der Waals surface area contributed by atoms with Gasteiger partial charge < -0.3 is 10.2 Å². The van der Waals surface area contributed by atoms with Crippen LogP contribution in [0.2, 0.25) is 0 Å². The van der Waals surface area contributed by atoms with E-state index in [0.717, 1.165) is 16.9 Å². The highest BCUT2D eigenvalue weighted by atomic mass is 32.2. The normalized spacial score (nSPS) is 11.7. The van der Waals surface area contributed by atoms with Crippen molar-refractivity contribution in [1.82, 2.24) is 10.2 Å². The molecule has 0 aliphatic carbocycles. The summed E-state index contributed by atoms with van der Waals surface area (Å²) in [7, 11) is 1.55. The van der Waals surface area contributed by atoms with Crippen LogP contribution < -0.4 is 5.32 Å². The first-order chi connectivity index (χ1) is 12.9. The van der Waals surface area contributed by atoms with Crippen LogP contribution in [0.1, 0.15) is 23.6 Å². The van der Waals surface area contributed by atoms with Gasteiger partial charge in [0.05, 0.1) is 5.75 Å². The van der Waals surface area contributed by atoms with E-state index in [4.69, 9.17) is 0 Å². The summed E-state index contributed by atoms with van der Waals surface area (Å²) in [4.78, 5) is 26.4. The van der Waals surface area contributed by atoms with Gasteiger partial charge in [0.15, 0.2) is 0 Å². The van der Waals surface area contributed by atoms with Crippen molar-refractivity contribution in [3.05, 3.63) is 71.0 Å². The fraction of sp³-hybridized carbons (Fsp3) is 0.333. The number of nitrogens with one attached hydrogen (secondary N) is 1. The van der Waals surface area contributed by atoms with Crippen molar-refractivity contribution in [3.8, 4) is 0 Å². The second-order valence-electron chi connectivity index (χ2n) is 6.42. The molecule has 0 aliphatic rings. The molecular weight excluding hydrogens is 363 g/mol. The lowest BCUT2D eigenvalue weighted by molar-refractivity contribution is -0.138. The number of halogens is 1. The first-order valence-electron chi connectivity index (χ1n) is 8.79. The Bertz CT molecular complexity index is 763. The molecule has 0 aliphatic heterocycles. The number of aryl methyl sites for hydroxylation is 1. The second-order valence-corrected chi connectivity index (χ2v) is 7.40. The largest absolute Gasteiger partial charge is 0.357 e. The SMILES string of the molecule is CNC(=O)[C@H](C)N(Cc1ccc(F)cc1)C(=O)CSCc1ccc(C)cc1. The van der Waals surface area contributed by atoms with Gasteiger partial charge in [0.1, 0.15) is 11.9 Å². The molecule has 0 aromatic heterocycles. The Morgan fingerprint density at radius 2 is 1.67 bits per heavy atom. The summed E-state index contributed by atoms with van der Waals surface area (Å²) in [6, 6.07) is 13.6. The minimum absolute atomic E-state index is 0.118. The van der Waals surface area contributed by atoms with Crippen LogP contribution in [0.4, 0.5) is 4.39 Å². The highest BCUT2D eigenvalue weighted by Gasteiger charge is 2.25. The van der Waals surface area contributed by atoms with Crippen molar-refractivity contribution < 1.29 is 14.0 Å². The molecule has 2 amide bonds. The van der Waals surface area contributed by atoms with Gasteiger partial charge in [-0.05, 0) is 37.1 Å². The zero-order valence-electron chi connectivity index (χ0n) is 15.9. The highest BCUT2D eigenvalue weighted by Crippen LogP contribution is 2.16. The summed E-state index contributed by atoms with van der Waals surface area (Å²) >= 11 is 1.52. The third kappa shape index (κ3) is 6.40. The van der Waals surface area contributed by atoms with E-state index in [9.17, 15) is 14.0 Å². The maximum atomic E-state index is 13.1. The average molecular weight is 389 g/mol. The number of hydrogen-bond donors (Lipinski definition) is 1. The number of hydrogen-bond acceptors (Lipinski definition) is 3. The van der Waals surface area contributed by atoms with Gasteiger partial charge in [0.25, 0.3) is 0 Å². The van der Waals surface area contributed by atoms with Gasteiger partial charge in [0.2, 0.25) is 11.8 Å². The van der Waals surface area contributed by atoms with Gasteiger partial charge in [-0.25, -0.2) is 4.39 Å². The van der Waals surface area contributed by atoms with Crippen molar-refractivity contribution in [2.24, 2.45) is 0 Å². The third-order valence-electron chi connectivity index (χ3n) is 4.29. The van der Waals surface area contributed by atoms with Crippen LogP contribution >= 0.6 is 11.8 Å². The van der Waals surface area contributed by atoms with E-state index in [1.54, 1.807) is 26.1 Å². The van der Waals surface area contributed by atoms with Crippen LogP contribution in [0.15, 0.2) is 48.5 Å². The van der Waals surface area contributed by atoms with E-state index in [1.165, 1.54) is 34.4 Å². The van der Waals surface area contributed by atoms with Crippen molar-refractivity contribution in [2.75, 3.05) is 12.8 Å². The fourth-order valence-corrected chi connectivity index (χ4v) is 3.47. The number of benzene rings is 2. The first-order valence-corrected chi connectivity index (χ1v) is 9.95. The summed E-state index contributed by atoms with van der Waals surface area (Å²) in [5.74, 6) is 0.326. The molecule has 2 aromatic carbocycles. The lowest BCUT2D eigenvalue weighted by Gasteiger charge is -2.28. The van der Waals surface area contributed by atoms with Gasteiger partial charge in [-0.3, -0.25) is 9.59 Å². The van der Waals surface area contributed by atoms with Crippen molar-refractivity contribution in [2.45, 2.75) is 32.2 Å². The fourth-order valence-electron chi connectivity index (χ4n) is 2.60. The maximum absolute atomic E-state index is 13.1. The summed E-state index contributed by atoms with van der Waals surface area (Å²) < 4.78 is 13.1. The van der Waals surface area contributed by atoms with E-state index in [-0.39, 0.29) is 29.9 Å². The maximum Gasteiger partial charge on any atom is 0.242 e. The van der Waals surface area contributed by atoms with E-state index in [1.807, 2.05) is 19.1 Å². The van der Waals surface area contributed by atoms with Crippen LogP contribution in [0.25, 0.3) is 0 Å². The van der Waals surface area contributed by atoms with Gasteiger partial charge in [-0.1, -0.05) is 42.0 Å². The van der Waals surface area contributed by atoms with Crippen molar-refractivity contribution in [1.29, 1.82) is 0 Å². The molecule has 2 rings (SSSR count). The lowest BCUT2D eigenvalue weighted by atomic mass is 10.1. The number of carbonyl (C=O) groups excluding carboxylic acids is 2. The molecule has 0 unspecified atom stereocenters. The number of thioether (sulfide) groups is 1. The first kappa shape index (κ1) is 21.0. The average Bonchev–Trinajstić information content (AvgIpc) is 2.67. The number of nitrogens with zero attached hydrogens (tertiary/aromatic N) is 1. The molecule has 0 radical (unpaired) electrons. The van der Waals surface area contributed by atoms with Gasteiger partial charge in [-0.2, -0.15) is 0 Å². The van der Waals surface area contributed by atoms with Crippen LogP contribution in [-0.4, -0.2) is 35.6 Å². The van der Waals surface area contributed by atoms with E-state index >= 15 is 0 Å². The molecule has 0 heterocycles. The quantitative estimate of drug-likeness (QED) is 0.753. The Kier molecular flexibility index (Phi) is 7.85. The summed E-state index contributed by atoms with van der Waals surface area (Å²) in [5.41, 5.74) is 3.14. The predicted octanol–water partition coefficient (Wildman–Crippen LogP) is 3.53. The zero-order chi connectivity index (χ0) is 19.8. The van der Waals surface area contributed by atoms with Crippen LogP contribution in [0, 0.1) is 12.7 Å². The smallest absolute Gasteiger partial charge is 0.242 e. The molecule has 1 N–H and O–H groups in total.